The van der Waals surface area contributed by atoms with Crippen molar-refractivity contribution in [2.45, 2.75) is 13.8 Å². The first-order valence-corrected chi connectivity index (χ1v) is 12.3. The van der Waals surface area contributed by atoms with Crippen molar-refractivity contribution in [3.8, 4) is 22.7 Å². The zero-order chi connectivity index (χ0) is 27.1. The Balaban J connectivity index is 1.59. The fraction of sp³-hybridized carbons (Fsp3) is 0.233. The van der Waals surface area contributed by atoms with Crippen LogP contribution in [0.3, 0.4) is 0 Å². The fourth-order valence-electron chi connectivity index (χ4n) is 3.94. The Kier molecular flexibility index (Phi) is 8.55. The lowest BCUT2D eigenvalue weighted by atomic mass is 10.1. The van der Waals surface area contributed by atoms with E-state index in [1.165, 1.54) is 4.90 Å². The first-order chi connectivity index (χ1) is 18.4. The number of rotatable bonds is 10. The second kappa shape index (κ2) is 12.2. The van der Waals surface area contributed by atoms with Gasteiger partial charge in [0.15, 0.2) is 0 Å². The van der Waals surface area contributed by atoms with Crippen molar-refractivity contribution in [2.75, 3.05) is 39.2 Å². The van der Waals surface area contributed by atoms with E-state index in [0.29, 0.717) is 23.9 Å². The summed E-state index contributed by atoms with van der Waals surface area (Å²) in [5, 5.41) is 2.91. The Morgan fingerprint density at radius 3 is 2.13 bits per heavy atom. The van der Waals surface area contributed by atoms with Crippen LogP contribution < -0.4 is 10.1 Å². The zero-order valence-corrected chi connectivity index (χ0v) is 22.1. The monoisotopic (exact) mass is 512 g/mol. The van der Waals surface area contributed by atoms with E-state index in [2.05, 4.69) is 5.32 Å². The number of ether oxygens (including phenoxy) is 2. The van der Waals surface area contributed by atoms with Gasteiger partial charge in [-0.2, -0.15) is 0 Å². The maximum atomic E-state index is 13.2. The summed E-state index contributed by atoms with van der Waals surface area (Å²) >= 11 is 0. The van der Waals surface area contributed by atoms with E-state index in [0.717, 1.165) is 28.1 Å². The van der Waals surface area contributed by atoms with Crippen LogP contribution in [0.2, 0.25) is 0 Å². The molecule has 0 saturated heterocycles. The molecule has 38 heavy (non-hydrogen) atoms. The van der Waals surface area contributed by atoms with Gasteiger partial charge in [-0.1, -0.05) is 47.5 Å². The van der Waals surface area contributed by atoms with Gasteiger partial charge < -0.3 is 14.4 Å². The number of methoxy groups -OCH3 is 2. The Morgan fingerprint density at radius 2 is 1.53 bits per heavy atom. The largest absolute Gasteiger partial charge is 0.497 e. The SMILES string of the molecule is COCCN(CC(=O)Nc1nc(-c2ccc(C)cc2)cn1-c1ccc(C)cc1)C(=O)c1ccc(OC)cc1. The van der Waals surface area contributed by atoms with E-state index in [1.54, 1.807) is 38.5 Å². The highest BCUT2D eigenvalue weighted by Gasteiger charge is 2.21. The van der Waals surface area contributed by atoms with E-state index < -0.39 is 0 Å². The molecule has 4 rings (SSSR count). The smallest absolute Gasteiger partial charge is 0.254 e. The lowest BCUT2D eigenvalue weighted by Crippen LogP contribution is -2.40. The number of nitrogens with zero attached hydrogens (tertiary/aromatic N) is 3. The number of hydrogen-bond donors (Lipinski definition) is 1. The molecule has 0 fully saturated rings. The molecule has 8 heteroatoms. The molecule has 0 aliphatic rings. The average Bonchev–Trinajstić information content (AvgIpc) is 3.34. The molecule has 0 saturated carbocycles. The molecule has 4 aromatic rings. The van der Waals surface area contributed by atoms with E-state index in [-0.39, 0.29) is 24.9 Å². The summed E-state index contributed by atoms with van der Waals surface area (Å²) in [7, 11) is 3.12. The van der Waals surface area contributed by atoms with Crippen LogP contribution in [0.1, 0.15) is 21.5 Å². The van der Waals surface area contributed by atoms with Gasteiger partial charge in [0.2, 0.25) is 11.9 Å². The van der Waals surface area contributed by atoms with Crippen molar-refractivity contribution in [2.24, 2.45) is 0 Å². The third-order valence-electron chi connectivity index (χ3n) is 6.14. The van der Waals surface area contributed by atoms with Gasteiger partial charge in [0.25, 0.3) is 5.91 Å². The van der Waals surface area contributed by atoms with E-state index in [1.807, 2.05) is 73.1 Å². The van der Waals surface area contributed by atoms with Gasteiger partial charge >= 0.3 is 0 Å². The Bertz CT molecular complexity index is 1380. The Hall–Kier alpha value is -4.43. The van der Waals surface area contributed by atoms with E-state index in [9.17, 15) is 9.59 Å². The van der Waals surface area contributed by atoms with Crippen LogP contribution in [0, 0.1) is 13.8 Å². The van der Waals surface area contributed by atoms with Crippen molar-refractivity contribution in [1.29, 1.82) is 0 Å². The summed E-state index contributed by atoms with van der Waals surface area (Å²) in [6.45, 7) is 4.45. The topological polar surface area (TPSA) is 85.7 Å². The molecule has 1 N–H and O–H groups in total. The number of anilines is 1. The number of imidazole rings is 1. The molecule has 0 unspecified atom stereocenters. The van der Waals surface area contributed by atoms with Gasteiger partial charge in [-0.25, -0.2) is 4.98 Å². The molecule has 3 aromatic carbocycles. The third-order valence-corrected chi connectivity index (χ3v) is 6.14. The Morgan fingerprint density at radius 1 is 0.895 bits per heavy atom. The molecular weight excluding hydrogens is 480 g/mol. The van der Waals surface area contributed by atoms with Crippen LogP contribution in [0.15, 0.2) is 79.0 Å². The number of carbonyl (C=O) groups excluding carboxylic acids is 2. The quantitative estimate of drug-likeness (QED) is 0.327. The fourth-order valence-corrected chi connectivity index (χ4v) is 3.94. The summed E-state index contributed by atoms with van der Waals surface area (Å²) in [5.41, 5.74) is 5.27. The maximum absolute atomic E-state index is 13.2. The summed E-state index contributed by atoms with van der Waals surface area (Å²) in [6.07, 6.45) is 1.90. The summed E-state index contributed by atoms with van der Waals surface area (Å²) in [6, 6.07) is 22.8. The first-order valence-electron chi connectivity index (χ1n) is 12.3. The van der Waals surface area contributed by atoms with Crippen molar-refractivity contribution >= 4 is 17.8 Å². The predicted octanol–water partition coefficient (Wildman–Crippen LogP) is 4.89. The van der Waals surface area contributed by atoms with Crippen LogP contribution >= 0.6 is 0 Å². The van der Waals surface area contributed by atoms with Crippen molar-refractivity contribution in [3.63, 3.8) is 0 Å². The van der Waals surface area contributed by atoms with Crippen LogP contribution in [-0.2, 0) is 9.53 Å². The molecule has 1 aromatic heterocycles. The van der Waals surface area contributed by atoms with Gasteiger partial charge in [-0.05, 0) is 50.2 Å². The lowest BCUT2D eigenvalue weighted by Gasteiger charge is -2.22. The van der Waals surface area contributed by atoms with Crippen LogP contribution in [0.25, 0.3) is 16.9 Å². The standard InChI is InChI=1S/C30H32N4O4/c1-21-5-9-23(10-6-21)27-19-34(25-13-7-22(2)8-14-25)30(31-27)32-28(35)20-33(17-18-37-3)29(36)24-11-15-26(38-4)16-12-24/h5-16,19H,17-18,20H2,1-4H3,(H,31,32,35). The highest BCUT2D eigenvalue weighted by Crippen LogP contribution is 2.25. The second-order valence-electron chi connectivity index (χ2n) is 9.02. The third kappa shape index (κ3) is 6.46. The molecule has 1 heterocycles. The molecule has 0 bridgehead atoms. The molecule has 0 aliphatic heterocycles. The normalized spacial score (nSPS) is 10.7. The van der Waals surface area contributed by atoms with Crippen LogP contribution in [-0.4, -0.2) is 60.2 Å². The van der Waals surface area contributed by atoms with Gasteiger partial charge in [-0.3, -0.25) is 19.5 Å². The van der Waals surface area contributed by atoms with Crippen molar-refractivity contribution in [3.05, 3.63) is 95.7 Å². The number of amides is 2. The number of carbonyl (C=O) groups is 2. The zero-order valence-electron chi connectivity index (χ0n) is 22.1. The average molecular weight is 513 g/mol. The predicted molar refractivity (Wildman–Crippen MR) is 148 cm³/mol. The molecule has 8 nitrogen and oxygen atoms in total. The lowest BCUT2D eigenvalue weighted by molar-refractivity contribution is -0.117. The highest BCUT2D eigenvalue weighted by atomic mass is 16.5. The molecule has 196 valence electrons. The minimum absolute atomic E-state index is 0.158. The molecule has 0 aliphatic carbocycles. The Labute approximate surface area is 222 Å². The van der Waals surface area contributed by atoms with E-state index >= 15 is 0 Å². The van der Waals surface area contributed by atoms with Crippen molar-refractivity contribution < 1.29 is 19.1 Å². The second-order valence-corrected chi connectivity index (χ2v) is 9.02. The molecular formula is C30H32N4O4. The minimum Gasteiger partial charge on any atom is -0.497 e. The van der Waals surface area contributed by atoms with Crippen LogP contribution in [0.5, 0.6) is 5.75 Å². The number of aromatic nitrogens is 2. The number of aryl methyl sites for hydroxylation is 2. The highest BCUT2D eigenvalue weighted by molar-refractivity contribution is 5.99. The number of hydrogen-bond acceptors (Lipinski definition) is 5. The van der Waals surface area contributed by atoms with Gasteiger partial charge in [0, 0.05) is 36.7 Å². The molecule has 0 radical (unpaired) electrons. The molecule has 0 spiro atoms. The summed E-state index contributed by atoms with van der Waals surface area (Å²) in [5.74, 6) is 0.382. The minimum atomic E-state index is -0.364. The number of nitrogens with one attached hydrogen (secondary N) is 1. The number of benzene rings is 3. The van der Waals surface area contributed by atoms with Gasteiger partial charge in [0.05, 0.1) is 19.4 Å². The summed E-state index contributed by atoms with van der Waals surface area (Å²) < 4.78 is 12.2. The first kappa shape index (κ1) is 26.6. The van der Waals surface area contributed by atoms with E-state index in [4.69, 9.17) is 14.5 Å². The van der Waals surface area contributed by atoms with Gasteiger partial charge in [0.1, 0.15) is 12.3 Å². The summed E-state index contributed by atoms with van der Waals surface area (Å²) in [4.78, 5) is 32.6. The van der Waals surface area contributed by atoms with Crippen molar-refractivity contribution in [1.82, 2.24) is 14.5 Å². The maximum Gasteiger partial charge on any atom is 0.254 e. The molecule has 0 atom stereocenters. The van der Waals surface area contributed by atoms with Gasteiger partial charge in [-0.15, -0.1) is 0 Å². The van der Waals surface area contributed by atoms with Crippen LogP contribution in [0.4, 0.5) is 5.95 Å². The molecule has 2 amide bonds.